The molecule has 0 fully saturated rings. The predicted molar refractivity (Wildman–Crippen MR) is 83.7 cm³/mol. The van der Waals surface area contributed by atoms with E-state index in [-0.39, 0.29) is 5.95 Å². The molecule has 23 heavy (non-hydrogen) atoms. The summed E-state index contributed by atoms with van der Waals surface area (Å²) in [6.45, 7) is 1.88. The summed E-state index contributed by atoms with van der Waals surface area (Å²) in [6, 6.07) is 3.10. The fourth-order valence-corrected chi connectivity index (χ4v) is 2.45. The predicted octanol–water partition coefficient (Wildman–Crippen LogP) is 2.79. The Morgan fingerprint density at radius 3 is 2.78 bits per heavy atom. The standard InChI is InChI=1S/C15H16F2N6/c1-3-12(9-5-4-8(16)6-11(9)17)20-15-21-13(18)10-7-19-23(2)14(10)22-15/h4-7,12H,3H2,1-2H3,(H3,18,20,21,22). The third-order valence-electron chi connectivity index (χ3n) is 3.67. The quantitative estimate of drug-likeness (QED) is 0.773. The molecule has 8 heteroatoms. The van der Waals surface area contributed by atoms with Gasteiger partial charge in [0.1, 0.15) is 17.5 Å². The number of hydrogen-bond acceptors (Lipinski definition) is 5. The number of aryl methyl sites for hydroxylation is 1. The van der Waals surface area contributed by atoms with Crippen LogP contribution >= 0.6 is 0 Å². The summed E-state index contributed by atoms with van der Waals surface area (Å²) in [5.74, 6) is -0.661. The minimum atomic E-state index is -0.613. The third-order valence-corrected chi connectivity index (χ3v) is 3.67. The average molecular weight is 318 g/mol. The maximum atomic E-state index is 14.0. The number of benzene rings is 1. The van der Waals surface area contributed by atoms with Crippen LogP contribution in [0.25, 0.3) is 11.0 Å². The van der Waals surface area contributed by atoms with Gasteiger partial charge in [-0.1, -0.05) is 13.0 Å². The zero-order valence-electron chi connectivity index (χ0n) is 12.7. The molecule has 0 aliphatic heterocycles. The van der Waals surface area contributed by atoms with Crippen molar-refractivity contribution in [2.24, 2.45) is 7.05 Å². The number of nitrogen functional groups attached to an aromatic ring is 1. The van der Waals surface area contributed by atoms with Crippen molar-refractivity contribution in [3.63, 3.8) is 0 Å². The second-order valence-electron chi connectivity index (χ2n) is 5.21. The molecule has 1 unspecified atom stereocenters. The number of anilines is 2. The Balaban J connectivity index is 1.97. The second kappa shape index (κ2) is 5.79. The van der Waals surface area contributed by atoms with Crippen LogP contribution in [0.2, 0.25) is 0 Å². The molecule has 3 rings (SSSR count). The summed E-state index contributed by atoms with van der Waals surface area (Å²) >= 11 is 0. The topological polar surface area (TPSA) is 81.6 Å². The van der Waals surface area contributed by atoms with E-state index in [4.69, 9.17) is 5.73 Å². The molecule has 2 aromatic heterocycles. The molecule has 6 nitrogen and oxygen atoms in total. The van der Waals surface area contributed by atoms with Gasteiger partial charge in [0.15, 0.2) is 5.65 Å². The molecule has 3 aromatic rings. The van der Waals surface area contributed by atoms with Crippen molar-refractivity contribution in [1.82, 2.24) is 19.7 Å². The highest BCUT2D eigenvalue weighted by atomic mass is 19.1. The SMILES string of the molecule is CCC(Nc1nc(N)c2cnn(C)c2n1)c1ccc(F)cc1F. The number of aromatic nitrogens is 4. The molecule has 0 saturated carbocycles. The molecule has 1 aromatic carbocycles. The lowest BCUT2D eigenvalue weighted by atomic mass is 10.0. The van der Waals surface area contributed by atoms with E-state index in [2.05, 4.69) is 20.4 Å². The van der Waals surface area contributed by atoms with Crippen molar-refractivity contribution in [2.45, 2.75) is 19.4 Å². The zero-order valence-corrected chi connectivity index (χ0v) is 12.7. The summed E-state index contributed by atoms with van der Waals surface area (Å²) in [7, 11) is 1.75. The second-order valence-corrected chi connectivity index (χ2v) is 5.21. The molecule has 0 saturated heterocycles. The Hall–Kier alpha value is -2.77. The van der Waals surface area contributed by atoms with Gasteiger partial charge in [0.05, 0.1) is 17.6 Å². The Kier molecular flexibility index (Phi) is 3.81. The van der Waals surface area contributed by atoms with Crippen LogP contribution in [0.1, 0.15) is 24.9 Å². The maximum absolute atomic E-state index is 14.0. The Morgan fingerprint density at radius 2 is 2.09 bits per heavy atom. The van der Waals surface area contributed by atoms with Gasteiger partial charge in [0.2, 0.25) is 5.95 Å². The van der Waals surface area contributed by atoms with E-state index in [1.807, 2.05) is 6.92 Å². The van der Waals surface area contributed by atoms with E-state index in [9.17, 15) is 8.78 Å². The first-order valence-corrected chi connectivity index (χ1v) is 7.16. The highest BCUT2D eigenvalue weighted by molar-refractivity contribution is 5.86. The molecule has 0 aliphatic carbocycles. The first-order valence-electron chi connectivity index (χ1n) is 7.16. The Labute approximate surface area is 131 Å². The van der Waals surface area contributed by atoms with E-state index < -0.39 is 17.7 Å². The van der Waals surface area contributed by atoms with Crippen LogP contribution in [0, 0.1) is 11.6 Å². The van der Waals surface area contributed by atoms with Crippen LogP contribution in [-0.4, -0.2) is 19.7 Å². The van der Waals surface area contributed by atoms with E-state index in [1.165, 1.54) is 12.1 Å². The van der Waals surface area contributed by atoms with Crippen molar-refractivity contribution in [2.75, 3.05) is 11.1 Å². The number of nitrogens with zero attached hydrogens (tertiary/aromatic N) is 4. The monoisotopic (exact) mass is 318 g/mol. The van der Waals surface area contributed by atoms with Crippen molar-refractivity contribution in [3.05, 3.63) is 41.6 Å². The summed E-state index contributed by atoms with van der Waals surface area (Å²) in [6.07, 6.45) is 2.15. The Morgan fingerprint density at radius 1 is 1.30 bits per heavy atom. The van der Waals surface area contributed by atoms with Gasteiger partial charge in [-0.15, -0.1) is 0 Å². The molecule has 1 atom stereocenters. The van der Waals surface area contributed by atoms with Gasteiger partial charge in [-0.25, -0.2) is 8.78 Å². The van der Waals surface area contributed by atoms with Gasteiger partial charge in [-0.05, 0) is 12.5 Å². The molecule has 0 radical (unpaired) electrons. The lowest BCUT2D eigenvalue weighted by molar-refractivity contribution is 0.558. The van der Waals surface area contributed by atoms with Gasteiger partial charge in [0.25, 0.3) is 0 Å². The molecular formula is C15H16F2N6. The summed E-state index contributed by atoms with van der Waals surface area (Å²) in [5.41, 5.74) is 6.83. The van der Waals surface area contributed by atoms with Crippen molar-refractivity contribution in [3.8, 4) is 0 Å². The first kappa shape index (κ1) is 15.1. The normalized spacial score (nSPS) is 12.5. The minimum absolute atomic E-state index is 0.272. The fourth-order valence-electron chi connectivity index (χ4n) is 2.45. The summed E-state index contributed by atoms with van der Waals surface area (Å²) in [4.78, 5) is 8.54. The van der Waals surface area contributed by atoms with E-state index in [0.29, 0.717) is 28.8 Å². The van der Waals surface area contributed by atoms with Crippen LogP contribution in [0.4, 0.5) is 20.5 Å². The molecule has 0 spiro atoms. The van der Waals surface area contributed by atoms with Crippen molar-refractivity contribution < 1.29 is 8.78 Å². The van der Waals surface area contributed by atoms with Gasteiger partial charge in [-0.3, -0.25) is 4.68 Å². The number of nitrogens with one attached hydrogen (secondary N) is 1. The third kappa shape index (κ3) is 2.79. The molecule has 0 bridgehead atoms. The number of hydrogen-bond donors (Lipinski definition) is 2. The van der Waals surface area contributed by atoms with Crippen LogP contribution in [0.3, 0.4) is 0 Å². The van der Waals surface area contributed by atoms with Crippen LogP contribution < -0.4 is 11.1 Å². The van der Waals surface area contributed by atoms with Crippen LogP contribution in [0.15, 0.2) is 24.4 Å². The summed E-state index contributed by atoms with van der Waals surface area (Å²) < 4.78 is 28.6. The van der Waals surface area contributed by atoms with Gasteiger partial charge < -0.3 is 11.1 Å². The maximum Gasteiger partial charge on any atom is 0.227 e. The van der Waals surface area contributed by atoms with Crippen molar-refractivity contribution in [1.29, 1.82) is 0 Å². The molecule has 0 amide bonds. The number of rotatable bonds is 4. The van der Waals surface area contributed by atoms with Gasteiger partial charge >= 0.3 is 0 Å². The molecule has 0 aliphatic rings. The van der Waals surface area contributed by atoms with Crippen molar-refractivity contribution >= 4 is 22.8 Å². The largest absolute Gasteiger partial charge is 0.383 e. The minimum Gasteiger partial charge on any atom is -0.383 e. The van der Waals surface area contributed by atoms with Gasteiger partial charge in [0, 0.05) is 18.7 Å². The molecular weight excluding hydrogens is 302 g/mol. The lowest BCUT2D eigenvalue weighted by Crippen LogP contribution is -2.14. The fraction of sp³-hybridized carbons (Fsp3) is 0.267. The highest BCUT2D eigenvalue weighted by Crippen LogP contribution is 2.26. The average Bonchev–Trinajstić information content (AvgIpc) is 2.87. The summed E-state index contributed by atoms with van der Waals surface area (Å²) in [5, 5.41) is 7.79. The highest BCUT2D eigenvalue weighted by Gasteiger charge is 2.17. The zero-order chi connectivity index (χ0) is 16.6. The molecule has 3 N–H and O–H groups in total. The Bertz CT molecular complexity index is 861. The van der Waals surface area contributed by atoms with E-state index in [1.54, 1.807) is 17.9 Å². The van der Waals surface area contributed by atoms with E-state index in [0.717, 1.165) is 6.07 Å². The lowest BCUT2D eigenvalue weighted by Gasteiger charge is -2.18. The van der Waals surface area contributed by atoms with Crippen LogP contribution in [-0.2, 0) is 7.05 Å². The number of halogens is 2. The molecule has 120 valence electrons. The first-order chi connectivity index (χ1) is 11.0. The number of nitrogens with two attached hydrogens (primary N) is 1. The number of fused-ring (bicyclic) bond motifs is 1. The van der Waals surface area contributed by atoms with Crippen LogP contribution in [0.5, 0.6) is 0 Å². The molecule has 2 heterocycles. The van der Waals surface area contributed by atoms with E-state index >= 15 is 0 Å². The smallest absolute Gasteiger partial charge is 0.227 e. The van der Waals surface area contributed by atoms with Gasteiger partial charge in [-0.2, -0.15) is 15.1 Å².